The molecule has 0 heterocycles. The first-order valence-electron chi connectivity index (χ1n) is 22.3. The molecule has 0 N–H and O–H groups in total. The van der Waals surface area contributed by atoms with Crippen molar-refractivity contribution >= 4 is 30.8 Å². The molecule has 12 rings (SSSR count). The molecule has 0 atom stereocenters. The fourth-order valence-electron chi connectivity index (χ4n) is 12.5. The monoisotopic (exact) mass is 1190 g/mol. The molecule has 0 aliphatic heterocycles. The van der Waals surface area contributed by atoms with Gasteiger partial charge >= 0.3 is 0 Å². The van der Waals surface area contributed by atoms with Crippen molar-refractivity contribution in [1.82, 2.24) is 0 Å². The van der Waals surface area contributed by atoms with Crippen molar-refractivity contribution in [3.05, 3.63) is 207 Å². The molecular formula is C52H8AlF28-. The normalized spacial score (nSPS) is 13.5. The van der Waals surface area contributed by atoms with Crippen molar-refractivity contribution in [1.29, 1.82) is 0 Å². The van der Waals surface area contributed by atoms with Crippen molar-refractivity contribution in [2.24, 2.45) is 0 Å². The first-order valence-corrected chi connectivity index (χ1v) is 24.6. The minimum absolute atomic E-state index is 1.89. The second-order valence-electron chi connectivity index (χ2n) is 18.8. The minimum Gasteiger partial charge on any atom is -0.208 e. The molecule has 0 nitrogen and oxygen atoms in total. The molecule has 0 amide bonds. The molecule has 4 aliphatic carbocycles. The van der Waals surface area contributed by atoms with Crippen LogP contribution < -0.4 is 17.7 Å². The largest absolute Gasteiger partial charge is 0.284 e. The Hall–Kier alpha value is -7.67. The zero-order valence-corrected chi connectivity index (χ0v) is 39.1. The molecule has 8 aromatic carbocycles. The molecule has 0 bridgehead atoms. The molecule has 29 heteroatoms. The summed E-state index contributed by atoms with van der Waals surface area (Å²) in [5.41, 5.74) is -33.7. The lowest BCUT2D eigenvalue weighted by Crippen LogP contribution is -2.80. The van der Waals surface area contributed by atoms with Crippen LogP contribution in [0.4, 0.5) is 123 Å². The second-order valence-corrected chi connectivity index (χ2v) is 22.9. The van der Waals surface area contributed by atoms with Gasteiger partial charge in [0.1, 0.15) is 23.3 Å². The van der Waals surface area contributed by atoms with Gasteiger partial charge in [-0.05, 0) is 25.7 Å². The Morgan fingerprint density at radius 2 is 0.259 bits per heavy atom. The lowest BCUT2D eigenvalue weighted by molar-refractivity contribution is 0.407. The Labute approximate surface area is 430 Å². The summed E-state index contributed by atoms with van der Waals surface area (Å²) >= 11 is -9.17. The van der Waals surface area contributed by atoms with Crippen molar-refractivity contribution in [3.63, 3.8) is 0 Å². The minimum atomic E-state index is -9.17. The van der Waals surface area contributed by atoms with Gasteiger partial charge in [0, 0.05) is 66.8 Å². The lowest BCUT2D eigenvalue weighted by atomic mass is 10.0. The Morgan fingerprint density at radius 3 is 0.420 bits per heavy atom. The van der Waals surface area contributed by atoms with Crippen molar-refractivity contribution in [3.8, 4) is 44.5 Å². The van der Waals surface area contributed by atoms with E-state index in [4.69, 9.17) is 0 Å². The van der Waals surface area contributed by atoms with E-state index in [1.807, 2.05) is 0 Å². The fourth-order valence-corrected chi connectivity index (χ4v) is 19.3. The molecule has 81 heavy (non-hydrogen) atoms. The number of fused-ring (bicyclic) bond motifs is 12. The SMILES string of the molecule is Fc1c(F)c(F)c2c(c1F)Cc1c-2c(F)c(F)c(F)[c]1[Al-]([c]1c(F)c(F)c(F)c2c1Cc1c(F)c(F)c(F)c(F)c1-2)([c]1c(F)c(F)c(F)c2c1Cc1c(F)c(F)c(F)c(F)c1-2)[c]1c(F)c(F)c(F)c2c1Cc1c(F)c(F)c(F)c(F)c1-2. The van der Waals surface area contributed by atoms with Crippen LogP contribution in [0.1, 0.15) is 44.5 Å². The average molecular weight is 1190 g/mol. The Balaban J connectivity index is 1.46. The molecule has 0 saturated carbocycles. The van der Waals surface area contributed by atoms with Crippen molar-refractivity contribution in [2.75, 3.05) is 0 Å². The van der Waals surface area contributed by atoms with E-state index >= 15 is 123 Å². The number of rotatable bonds is 4. The van der Waals surface area contributed by atoms with Gasteiger partial charge in [-0.15, -0.1) is 0 Å². The van der Waals surface area contributed by atoms with Crippen LogP contribution in [0, 0.1) is 163 Å². The van der Waals surface area contributed by atoms with Gasteiger partial charge in [0.2, 0.25) is 0 Å². The molecule has 0 radical (unpaired) electrons. The molecule has 416 valence electrons. The van der Waals surface area contributed by atoms with Gasteiger partial charge in [-0.2, -0.15) is 17.7 Å². The maximum atomic E-state index is 18.3. The summed E-state index contributed by atoms with van der Waals surface area (Å²) in [4.78, 5) is 0. The maximum Gasteiger partial charge on any atom is 0.284 e. The maximum absolute atomic E-state index is 18.3. The van der Waals surface area contributed by atoms with Gasteiger partial charge in [-0.1, -0.05) is 22.3 Å². The van der Waals surface area contributed by atoms with Crippen molar-refractivity contribution < 1.29 is 123 Å². The first-order chi connectivity index (χ1) is 37.9. The van der Waals surface area contributed by atoms with E-state index in [9.17, 15) is 0 Å². The van der Waals surface area contributed by atoms with Crippen LogP contribution in [0.15, 0.2) is 0 Å². The summed E-state index contributed by atoms with van der Waals surface area (Å²) in [7, 11) is 0. The van der Waals surface area contributed by atoms with Crippen LogP contribution in [0.2, 0.25) is 0 Å². The summed E-state index contributed by atoms with van der Waals surface area (Å²) in [6.45, 7) is 0. The summed E-state index contributed by atoms with van der Waals surface area (Å²) in [5, 5.41) is 0. The quantitative estimate of drug-likeness (QED) is 0.0713. The van der Waals surface area contributed by atoms with Crippen LogP contribution in [0.3, 0.4) is 0 Å². The van der Waals surface area contributed by atoms with Crippen LogP contribution in [0.25, 0.3) is 44.5 Å². The van der Waals surface area contributed by atoms with Gasteiger partial charge < -0.3 is 0 Å². The predicted molar refractivity (Wildman–Crippen MR) is 222 cm³/mol. The number of hydrogen-bond acceptors (Lipinski definition) is 0. The number of hydrogen-bond donors (Lipinski definition) is 0. The zero-order chi connectivity index (χ0) is 59.0. The van der Waals surface area contributed by atoms with Crippen LogP contribution in [-0.2, 0) is 25.7 Å². The summed E-state index contributed by atoms with van der Waals surface area (Å²) in [5.74, 6) is -84.9. The predicted octanol–water partition coefficient (Wildman–Crippen LogP) is 13.2. The van der Waals surface area contributed by atoms with E-state index in [2.05, 4.69) is 0 Å². The highest BCUT2D eigenvalue weighted by molar-refractivity contribution is 7.21. The van der Waals surface area contributed by atoms with Crippen LogP contribution in [0.5, 0.6) is 0 Å². The molecule has 0 unspecified atom stereocenters. The third-order valence-electron chi connectivity index (χ3n) is 15.5. The van der Waals surface area contributed by atoms with E-state index in [-0.39, 0.29) is 0 Å². The van der Waals surface area contributed by atoms with E-state index in [0.717, 1.165) is 0 Å². The number of benzene rings is 8. The van der Waals surface area contributed by atoms with Gasteiger partial charge in [-0.3, -0.25) is 0 Å². The molecule has 0 aromatic heterocycles. The average Bonchev–Trinajstić information content (AvgIpc) is 2.09. The molecule has 8 aromatic rings. The van der Waals surface area contributed by atoms with Gasteiger partial charge in [-0.25, -0.2) is 123 Å². The van der Waals surface area contributed by atoms with E-state index in [1.165, 1.54) is 0 Å². The highest BCUT2D eigenvalue weighted by Gasteiger charge is 2.57. The standard InChI is InChI=1S/4C13H2F7.Al/c4*14-5-2-3-1-4-7(6(3)10(17)9(5)16)11(18)13(20)12(19)8(4)15;/h4*1H2;/q;;;;-1. The van der Waals surface area contributed by atoms with Gasteiger partial charge in [0.15, 0.2) is 140 Å². The van der Waals surface area contributed by atoms with E-state index < -0.39 is 308 Å². The fraction of sp³-hybridized carbons (Fsp3) is 0.0769. The van der Waals surface area contributed by atoms with Gasteiger partial charge in [0.05, 0.1) is 0 Å². The van der Waals surface area contributed by atoms with Gasteiger partial charge in [0.25, 0.3) is 13.1 Å². The molecular weight excluding hydrogens is 1180 g/mol. The number of halogens is 28. The highest BCUT2D eigenvalue weighted by Crippen LogP contribution is 2.52. The lowest BCUT2D eigenvalue weighted by Gasteiger charge is -2.46. The Morgan fingerprint density at radius 1 is 0.136 bits per heavy atom. The van der Waals surface area contributed by atoms with Crippen LogP contribution >= 0.6 is 0 Å². The summed E-state index contributed by atoms with van der Waals surface area (Å²) in [6.07, 6.45) is -8.93. The molecule has 0 fully saturated rings. The molecule has 4 aliphatic rings. The summed E-state index contributed by atoms with van der Waals surface area (Å²) < 4.78 is 447. The first kappa shape index (κ1) is 53.9. The molecule has 0 spiro atoms. The zero-order valence-electron chi connectivity index (χ0n) is 38.0. The highest BCUT2D eigenvalue weighted by atomic mass is 27.2. The third kappa shape index (κ3) is 6.19. The topological polar surface area (TPSA) is 0 Å². The summed E-state index contributed by atoms with van der Waals surface area (Å²) in [6, 6.07) is 0. The third-order valence-corrected chi connectivity index (χ3v) is 21.3. The Bertz CT molecular complexity index is 3890. The van der Waals surface area contributed by atoms with Crippen LogP contribution in [-0.4, -0.2) is 13.1 Å². The Kier molecular flexibility index (Phi) is 11.4. The van der Waals surface area contributed by atoms with E-state index in [0.29, 0.717) is 0 Å². The molecule has 0 saturated heterocycles. The van der Waals surface area contributed by atoms with Crippen molar-refractivity contribution in [2.45, 2.75) is 25.7 Å². The second kappa shape index (κ2) is 17.2. The van der Waals surface area contributed by atoms with E-state index in [1.54, 1.807) is 0 Å². The smallest absolute Gasteiger partial charge is 0.208 e.